The van der Waals surface area contributed by atoms with Gasteiger partial charge in [-0.05, 0) is 44.0 Å². The van der Waals surface area contributed by atoms with E-state index < -0.39 is 34.9 Å². The molecule has 2 atom stereocenters. The summed E-state index contributed by atoms with van der Waals surface area (Å²) in [5.74, 6) is -0.983. The number of benzene rings is 2. The topological polar surface area (TPSA) is 141 Å². The molecule has 4 rings (SSSR count). The largest absolute Gasteiger partial charge is 0.491 e. The van der Waals surface area contributed by atoms with Gasteiger partial charge >= 0.3 is 6.09 Å². The second-order valence-electron chi connectivity index (χ2n) is 10.5. The maximum Gasteiger partial charge on any atom is 0.405 e. The molecule has 0 aromatic heterocycles. The molecule has 0 spiro atoms. The van der Waals surface area contributed by atoms with Crippen molar-refractivity contribution in [3.05, 3.63) is 65.2 Å². The van der Waals surface area contributed by atoms with Crippen molar-refractivity contribution in [3.8, 4) is 5.75 Å². The van der Waals surface area contributed by atoms with E-state index in [0.29, 0.717) is 23.6 Å². The molecule has 0 radical (unpaired) electrons. The predicted molar refractivity (Wildman–Crippen MR) is 148 cm³/mol. The molecule has 2 aromatic carbocycles. The molecule has 40 heavy (non-hydrogen) atoms. The number of rotatable bonds is 9. The van der Waals surface area contributed by atoms with Crippen LogP contribution in [0.1, 0.15) is 25.8 Å². The monoisotopic (exact) mass is 569 g/mol. The van der Waals surface area contributed by atoms with Crippen LogP contribution in [0, 0.1) is 5.41 Å². The van der Waals surface area contributed by atoms with Gasteiger partial charge < -0.3 is 25.4 Å². The summed E-state index contributed by atoms with van der Waals surface area (Å²) < 4.78 is 5.82. The number of carbonyl (C=O) groups is 4. The Bertz CT molecular complexity index is 1330. The highest BCUT2D eigenvalue weighted by Crippen LogP contribution is 2.38. The molecule has 1 saturated heterocycles. The van der Waals surface area contributed by atoms with Crippen molar-refractivity contribution in [2.45, 2.75) is 38.3 Å². The van der Waals surface area contributed by atoms with E-state index in [0.717, 1.165) is 11.3 Å². The van der Waals surface area contributed by atoms with Crippen LogP contribution in [0.3, 0.4) is 0 Å². The zero-order valence-corrected chi connectivity index (χ0v) is 23.3. The Labute approximate surface area is 237 Å². The first-order valence-electron chi connectivity index (χ1n) is 12.8. The Morgan fingerprint density at radius 3 is 2.58 bits per heavy atom. The Morgan fingerprint density at radius 1 is 1.18 bits per heavy atom. The number of halogens is 1. The lowest BCUT2D eigenvalue weighted by Gasteiger charge is -2.40. The molecule has 0 saturated carbocycles. The molecule has 2 aliphatic heterocycles. The van der Waals surface area contributed by atoms with Gasteiger partial charge in [0.25, 0.3) is 5.91 Å². The molecule has 0 bridgehead atoms. The molecule has 12 heteroatoms. The van der Waals surface area contributed by atoms with Crippen LogP contribution in [-0.4, -0.2) is 82.9 Å². The number of ether oxygens (including phenoxy) is 1. The van der Waals surface area contributed by atoms with Crippen molar-refractivity contribution in [1.29, 1.82) is 0 Å². The second-order valence-corrected chi connectivity index (χ2v) is 10.9. The van der Waals surface area contributed by atoms with E-state index in [1.54, 1.807) is 36.2 Å². The minimum atomic E-state index is -1.53. The van der Waals surface area contributed by atoms with Gasteiger partial charge in [0.15, 0.2) is 0 Å². The summed E-state index contributed by atoms with van der Waals surface area (Å²) in [4.78, 5) is 53.3. The zero-order valence-electron chi connectivity index (χ0n) is 22.5. The lowest BCUT2D eigenvalue weighted by Crippen LogP contribution is -2.62. The fourth-order valence-corrected chi connectivity index (χ4v) is 5.19. The predicted octanol–water partition coefficient (Wildman–Crippen LogP) is 2.54. The van der Waals surface area contributed by atoms with Crippen LogP contribution < -0.4 is 15.4 Å². The van der Waals surface area contributed by atoms with E-state index in [1.165, 1.54) is 18.9 Å². The van der Waals surface area contributed by atoms with Gasteiger partial charge in [0.05, 0.1) is 5.71 Å². The summed E-state index contributed by atoms with van der Waals surface area (Å²) in [6.45, 7) is 2.90. The van der Waals surface area contributed by atoms with E-state index in [-0.39, 0.29) is 25.6 Å². The third kappa shape index (κ3) is 6.20. The number of fused-ring (bicyclic) bond motifs is 1. The van der Waals surface area contributed by atoms with Crippen LogP contribution >= 0.6 is 11.6 Å². The highest BCUT2D eigenvalue weighted by molar-refractivity contribution is 6.30. The molecule has 2 aromatic rings. The first-order valence-corrected chi connectivity index (χ1v) is 13.2. The summed E-state index contributed by atoms with van der Waals surface area (Å²) >= 11 is 6.06. The molecule has 11 nitrogen and oxygen atoms in total. The number of likely N-dealkylation sites (tertiary alicyclic amines) is 1. The molecule has 212 valence electrons. The molecule has 2 unspecified atom stereocenters. The van der Waals surface area contributed by atoms with Gasteiger partial charge in [0.1, 0.15) is 29.4 Å². The Balaban J connectivity index is 1.60. The molecule has 2 aliphatic rings. The normalized spacial score (nSPS) is 19.4. The first kappa shape index (κ1) is 28.9. The molecular weight excluding hydrogens is 538 g/mol. The van der Waals surface area contributed by atoms with Crippen molar-refractivity contribution >= 4 is 41.1 Å². The molecule has 3 N–H and O–H groups in total. The minimum absolute atomic E-state index is 0.0725. The maximum absolute atomic E-state index is 13.9. The Hall–Kier alpha value is -4.12. The number of hydrazone groups is 1. The zero-order chi connectivity index (χ0) is 29.1. The summed E-state index contributed by atoms with van der Waals surface area (Å²) in [7, 11) is 1.60. The molecule has 0 aliphatic carbocycles. The lowest BCUT2D eigenvalue weighted by molar-refractivity contribution is -0.143. The quantitative estimate of drug-likeness (QED) is 0.424. The van der Waals surface area contributed by atoms with Crippen LogP contribution in [0.5, 0.6) is 5.75 Å². The highest BCUT2D eigenvalue weighted by Gasteiger charge is 2.54. The van der Waals surface area contributed by atoms with Gasteiger partial charge in [-0.25, -0.2) is 9.80 Å². The molecule has 2 heterocycles. The fraction of sp³-hybridized carbons (Fsp3) is 0.393. The molecule has 4 amide bonds. The summed E-state index contributed by atoms with van der Waals surface area (Å²) in [6, 6.07) is 15.0. The number of carbonyl (C=O) groups excluding carboxylic acids is 3. The van der Waals surface area contributed by atoms with E-state index in [4.69, 9.17) is 21.4 Å². The average molecular weight is 570 g/mol. The van der Waals surface area contributed by atoms with Gasteiger partial charge in [-0.2, -0.15) is 5.10 Å². The number of amides is 4. The molecular formula is C28H32ClN5O6. The SMILES string of the molecule is CN1N=C2CCN(C(=O)C(COc3cccc(Cl)c3)NC(=O)C(C)(C)NC(=O)O)CC2(Cc2ccccc2)C1=O. The van der Waals surface area contributed by atoms with Crippen LogP contribution in [-0.2, 0) is 20.8 Å². The van der Waals surface area contributed by atoms with Gasteiger partial charge in [-0.1, -0.05) is 48.0 Å². The van der Waals surface area contributed by atoms with Crippen molar-refractivity contribution in [2.24, 2.45) is 10.5 Å². The number of hydrogen-bond donors (Lipinski definition) is 3. The van der Waals surface area contributed by atoms with Crippen LogP contribution in [0.25, 0.3) is 0 Å². The van der Waals surface area contributed by atoms with Crippen molar-refractivity contribution in [1.82, 2.24) is 20.5 Å². The van der Waals surface area contributed by atoms with Crippen molar-refractivity contribution < 1.29 is 29.0 Å². The molecule has 1 fully saturated rings. The van der Waals surface area contributed by atoms with Gasteiger partial charge in [-0.3, -0.25) is 14.4 Å². The van der Waals surface area contributed by atoms with Crippen molar-refractivity contribution in [2.75, 3.05) is 26.7 Å². The number of nitrogens with one attached hydrogen (secondary N) is 2. The minimum Gasteiger partial charge on any atom is -0.491 e. The van der Waals surface area contributed by atoms with Crippen LogP contribution in [0.2, 0.25) is 5.02 Å². The van der Waals surface area contributed by atoms with Gasteiger partial charge in [0, 0.05) is 31.6 Å². The Morgan fingerprint density at radius 2 is 1.90 bits per heavy atom. The van der Waals surface area contributed by atoms with Gasteiger partial charge in [-0.15, -0.1) is 0 Å². The maximum atomic E-state index is 13.9. The van der Waals surface area contributed by atoms with Crippen molar-refractivity contribution in [3.63, 3.8) is 0 Å². The van der Waals surface area contributed by atoms with Crippen LogP contribution in [0.4, 0.5) is 4.79 Å². The number of piperidine rings is 1. The third-order valence-corrected chi connectivity index (χ3v) is 7.30. The van der Waals surface area contributed by atoms with E-state index in [1.807, 2.05) is 30.3 Å². The first-order chi connectivity index (χ1) is 18.9. The Kier molecular flexibility index (Phi) is 8.34. The van der Waals surface area contributed by atoms with E-state index in [9.17, 15) is 19.2 Å². The third-order valence-electron chi connectivity index (χ3n) is 7.07. The number of carboxylic acid groups (broad SMARTS) is 1. The van der Waals surface area contributed by atoms with E-state index >= 15 is 0 Å². The fourth-order valence-electron chi connectivity index (χ4n) is 5.01. The summed E-state index contributed by atoms with van der Waals surface area (Å²) in [5.41, 5.74) is -0.906. The smallest absolute Gasteiger partial charge is 0.405 e. The highest BCUT2D eigenvalue weighted by atomic mass is 35.5. The average Bonchev–Trinajstić information content (AvgIpc) is 3.14. The lowest BCUT2D eigenvalue weighted by atomic mass is 9.73. The standard InChI is InChI=1S/C28H32ClN5O6/c1-27(2,31-26(38)39)24(36)30-21(16-40-20-11-7-10-19(29)14-20)23(35)34-13-12-22-28(17-34,25(37)33(3)32-22)15-18-8-5-4-6-9-18/h4-11,14,21,31H,12-13,15-17H2,1-3H3,(H,30,36)(H,38,39). The number of nitrogens with zero attached hydrogens (tertiary/aromatic N) is 3. The summed E-state index contributed by atoms with van der Waals surface area (Å²) in [5, 5.41) is 20.2. The summed E-state index contributed by atoms with van der Waals surface area (Å²) in [6.07, 6.45) is -0.630. The second kappa shape index (κ2) is 11.5. The van der Waals surface area contributed by atoms with E-state index in [2.05, 4.69) is 15.7 Å². The number of hydrogen-bond acceptors (Lipinski definition) is 6. The van der Waals surface area contributed by atoms with Crippen LogP contribution in [0.15, 0.2) is 59.7 Å². The van der Waals surface area contributed by atoms with Gasteiger partial charge in [0.2, 0.25) is 11.8 Å².